The van der Waals surface area contributed by atoms with Crippen LogP contribution in [0.3, 0.4) is 0 Å². The lowest BCUT2D eigenvalue weighted by atomic mass is 9.95. The van der Waals surface area contributed by atoms with Gasteiger partial charge in [-0.2, -0.15) is 0 Å². The van der Waals surface area contributed by atoms with Crippen LogP contribution >= 0.6 is 0 Å². The molecule has 5 heteroatoms. The average Bonchev–Trinajstić information content (AvgIpc) is 2.47. The lowest BCUT2D eigenvalue weighted by Gasteiger charge is -2.42. The van der Waals surface area contributed by atoms with Gasteiger partial charge in [0.2, 0.25) is 0 Å². The third kappa shape index (κ3) is 3.78. The highest BCUT2D eigenvalue weighted by Gasteiger charge is 2.32. The molecule has 0 spiro atoms. The zero-order chi connectivity index (χ0) is 15.4. The fourth-order valence-electron chi connectivity index (χ4n) is 2.92. The molecule has 0 aliphatic carbocycles. The maximum Gasteiger partial charge on any atom is 0.163 e. The number of hydrogen-bond acceptors (Lipinski definition) is 3. The highest BCUT2D eigenvalue weighted by Crippen LogP contribution is 2.26. The van der Waals surface area contributed by atoms with Gasteiger partial charge in [-0.3, -0.25) is 4.90 Å². The molecule has 1 aliphatic rings. The number of nitrogens with one attached hydrogen (secondary N) is 1. The van der Waals surface area contributed by atoms with Crippen LogP contribution in [0.1, 0.15) is 24.9 Å². The highest BCUT2D eigenvalue weighted by atomic mass is 19.2. The van der Waals surface area contributed by atoms with Crippen molar-refractivity contribution >= 4 is 0 Å². The minimum absolute atomic E-state index is 0.131. The topological polar surface area (TPSA) is 18.5 Å². The fraction of sp³-hybridized carbons (Fsp3) is 0.625. The van der Waals surface area contributed by atoms with E-state index in [2.05, 4.69) is 36.1 Å². The molecular weight excluding hydrogens is 272 g/mol. The summed E-state index contributed by atoms with van der Waals surface area (Å²) in [5.41, 5.74) is 0.426. The molecule has 118 valence electrons. The van der Waals surface area contributed by atoms with Gasteiger partial charge in [-0.1, -0.05) is 19.1 Å². The first-order valence-corrected chi connectivity index (χ1v) is 7.60. The summed E-state index contributed by atoms with van der Waals surface area (Å²) in [4.78, 5) is 4.47. The van der Waals surface area contributed by atoms with Gasteiger partial charge in [0.1, 0.15) is 0 Å². The number of benzene rings is 1. The van der Waals surface area contributed by atoms with E-state index in [-0.39, 0.29) is 12.1 Å². The molecular formula is C16H25F2N3. The molecule has 1 aromatic rings. The van der Waals surface area contributed by atoms with Gasteiger partial charge >= 0.3 is 0 Å². The summed E-state index contributed by atoms with van der Waals surface area (Å²) >= 11 is 0. The Hall–Kier alpha value is -1.04. The monoisotopic (exact) mass is 297 g/mol. The first kappa shape index (κ1) is 16.3. The number of likely N-dealkylation sites (N-methyl/N-ethyl adjacent to an activating group) is 2. The molecule has 3 nitrogen and oxygen atoms in total. The molecule has 1 aromatic carbocycles. The molecule has 0 bridgehead atoms. The zero-order valence-corrected chi connectivity index (χ0v) is 13.1. The molecule has 2 atom stereocenters. The van der Waals surface area contributed by atoms with Gasteiger partial charge in [0.25, 0.3) is 0 Å². The molecule has 0 aromatic heterocycles. The van der Waals surface area contributed by atoms with Gasteiger partial charge in [0.05, 0.1) is 6.04 Å². The second kappa shape index (κ2) is 7.29. The molecule has 2 rings (SSSR count). The van der Waals surface area contributed by atoms with Crippen LogP contribution in [0.25, 0.3) is 0 Å². The number of nitrogens with zero attached hydrogens (tertiary/aromatic N) is 2. The van der Waals surface area contributed by atoms with Crippen LogP contribution in [0.5, 0.6) is 0 Å². The van der Waals surface area contributed by atoms with Crippen molar-refractivity contribution in [3.8, 4) is 0 Å². The first-order chi connectivity index (χ1) is 10.0. The molecule has 1 heterocycles. The van der Waals surface area contributed by atoms with Crippen LogP contribution in [0.15, 0.2) is 18.2 Å². The molecule has 0 radical (unpaired) electrons. The van der Waals surface area contributed by atoms with Gasteiger partial charge in [0, 0.05) is 31.2 Å². The number of piperazine rings is 1. The van der Waals surface area contributed by atoms with Crippen molar-refractivity contribution in [1.29, 1.82) is 0 Å². The maximum absolute atomic E-state index is 14.2. The molecule has 1 N–H and O–H groups in total. The first-order valence-electron chi connectivity index (χ1n) is 7.60. The van der Waals surface area contributed by atoms with Crippen molar-refractivity contribution < 1.29 is 8.78 Å². The second-order valence-corrected chi connectivity index (χ2v) is 5.89. The normalized spacial score (nSPS) is 22.4. The highest BCUT2D eigenvalue weighted by molar-refractivity contribution is 5.24. The van der Waals surface area contributed by atoms with Crippen molar-refractivity contribution in [3.05, 3.63) is 35.4 Å². The van der Waals surface area contributed by atoms with E-state index in [0.29, 0.717) is 5.56 Å². The summed E-state index contributed by atoms with van der Waals surface area (Å²) in [6.07, 6.45) is 0.958. The standard InChI is InChI=1S/C16H25F2N3/c1-4-8-19-16(12-6-5-7-13(17)15(12)18)14-11-20(2)9-10-21(14)3/h5-7,14,16,19H,4,8-11H2,1-3H3. The van der Waals surface area contributed by atoms with Gasteiger partial charge < -0.3 is 10.2 Å². The summed E-state index contributed by atoms with van der Waals surface area (Å²) in [6, 6.07) is 4.38. The summed E-state index contributed by atoms with van der Waals surface area (Å²) in [5, 5.41) is 3.40. The summed E-state index contributed by atoms with van der Waals surface area (Å²) in [5.74, 6) is -1.50. The molecule has 1 fully saturated rings. The van der Waals surface area contributed by atoms with Crippen LogP contribution in [0.4, 0.5) is 8.78 Å². The van der Waals surface area contributed by atoms with Crippen molar-refractivity contribution in [2.75, 3.05) is 40.3 Å². The molecule has 1 aliphatic heterocycles. The molecule has 0 saturated carbocycles. The number of hydrogen-bond donors (Lipinski definition) is 1. The van der Waals surface area contributed by atoms with Gasteiger partial charge in [0.15, 0.2) is 11.6 Å². The van der Waals surface area contributed by atoms with E-state index in [1.807, 2.05) is 0 Å². The Bertz CT molecular complexity index is 467. The third-order valence-corrected chi connectivity index (χ3v) is 4.21. The van der Waals surface area contributed by atoms with E-state index in [9.17, 15) is 8.78 Å². The minimum Gasteiger partial charge on any atom is -0.309 e. The Kier molecular flexibility index (Phi) is 5.67. The Morgan fingerprint density at radius 2 is 2.05 bits per heavy atom. The Morgan fingerprint density at radius 3 is 2.76 bits per heavy atom. The van der Waals surface area contributed by atoms with Crippen LogP contribution < -0.4 is 5.32 Å². The fourth-order valence-corrected chi connectivity index (χ4v) is 2.92. The molecule has 21 heavy (non-hydrogen) atoms. The lowest BCUT2D eigenvalue weighted by molar-refractivity contribution is 0.0864. The molecule has 2 unspecified atom stereocenters. The summed E-state index contributed by atoms with van der Waals surface area (Å²) in [6.45, 7) is 5.63. The quantitative estimate of drug-likeness (QED) is 0.899. The van der Waals surface area contributed by atoms with E-state index in [4.69, 9.17) is 0 Å². The summed E-state index contributed by atoms with van der Waals surface area (Å²) in [7, 11) is 4.12. The van der Waals surface area contributed by atoms with Crippen LogP contribution in [0, 0.1) is 11.6 Å². The average molecular weight is 297 g/mol. The minimum atomic E-state index is -0.775. The predicted octanol–water partition coefficient (Wildman–Crippen LogP) is 2.25. The van der Waals surface area contributed by atoms with Gasteiger partial charge in [-0.15, -0.1) is 0 Å². The van der Waals surface area contributed by atoms with Crippen LogP contribution in [-0.4, -0.2) is 56.1 Å². The predicted molar refractivity (Wildman–Crippen MR) is 81.3 cm³/mol. The Labute approximate surface area is 125 Å². The SMILES string of the molecule is CCCNC(c1cccc(F)c1F)C1CN(C)CCN1C. The summed E-state index contributed by atoms with van der Waals surface area (Å²) < 4.78 is 27.8. The van der Waals surface area contributed by atoms with Crippen molar-refractivity contribution in [2.45, 2.75) is 25.4 Å². The second-order valence-electron chi connectivity index (χ2n) is 5.89. The van der Waals surface area contributed by atoms with E-state index in [1.165, 1.54) is 6.07 Å². The smallest absolute Gasteiger partial charge is 0.163 e. The number of halogens is 2. The number of rotatable bonds is 5. The Morgan fingerprint density at radius 1 is 1.29 bits per heavy atom. The van der Waals surface area contributed by atoms with Crippen LogP contribution in [0.2, 0.25) is 0 Å². The lowest BCUT2D eigenvalue weighted by Crippen LogP contribution is -2.55. The molecule has 0 amide bonds. The maximum atomic E-state index is 14.2. The van der Waals surface area contributed by atoms with E-state index >= 15 is 0 Å². The van der Waals surface area contributed by atoms with Crippen LogP contribution in [-0.2, 0) is 0 Å². The van der Waals surface area contributed by atoms with Gasteiger partial charge in [-0.25, -0.2) is 8.78 Å². The van der Waals surface area contributed by atoms with Crippen molar-refractivity contribution in [3.63, 3.8) is 0 Å². The largest absolute Gasteiger partial charge is 0.309 e. The van der Waals surface area contributed by atoms with Crippen molar-refractivity contribution in [1.82, 2.24) is 15.1 Å². The molecule has 1 saturated heterocycles. The van der Waals surface area contributed by atoms with E-state index < -0.39 is 11.6 Å². The van der Waals surface area contributed by atoms with Crippen molar-refractivity contribution in [2.24, 2.45) is 0 Å². The van der Waals surface area contributed by atoms with Gasteiger partial charge in [-0.05, 0) is 33.1 Å². The van der Waals surface area contributed by atoms with E-state index in [1.54, 1.807) is 12.1 Å². The third-order valence-electron chi connectivity index (χ3n) is 4.21. The zero-order valence-electron chi connectivity index (χ0n) is 13.1. The van der Waals surface area contributed by atoms with E-state index in [0.717, 1.165) is 32.6 Å². The Balaban J connectivity index is 2.30.